The molecule has 1 amide bonds. The second kappa shape index (κ2) is 11.0. The van der Waals surface area contributed by atoms with Crippen molar-refractivity contribution >= 4 is 43.9 Å². The molecule has 2 aromatic heterocycles. The fraction of sp³-hybridized carbons (Fsp3) is 0.0357. The van der Waals surface area contributed by atoms with Crippen LogP contribution in [0.4, 0.5) is 20.9 Å². The number of carbonyl (C=O) groups excluding carboxylic acids is 1. The fourth-order valence-electron chi connectivity index (χ4n) is 3.57. The normalized spacial score (nSPS) is 11.1. The SMILES string of the molecule is Cc1ccc(NC(=O)c2ccc(OS(=O)(=O)c3ccc(F)cc3)cc2)cc1Nc1nc(-c2cccnc2)cs1. The summed E-state index contributed by atoms with van der Waals surface area (Å²) in [6, 6.07) is 19.2. The molecule has 0 fully saturated rings. The maximum absolute atomic E-state index is 13.1. The van der Waals surface area contributed by atoms with Gasteiger partial charge in [-0.3, -0.25) is 9.78 Å². The van der Waals surface area contributed by atoms with Gasteiger partial charge in [0.1, 0.15) is 16.5 Å². The number of aryl methyl sites for hydroxylation is 1. The Bertz CT molecular complexity index is 1720. The van der Waals surface area contributed by atoms with Gasteiger partial charge in [0.15, 0.2) is 5.13 Å². The van der Waals surface area contributed by atoms with Gasteiger partial charge in [-0.2, -0.15) is 8.42 Å². The largest absolute Gasteiger partial charge is 0.379 e. The van der Waals surface area contributed by atoms with Crippen LogP contribution in [0.25, 0.3) is 11.3 Å². The van der Waals surface area contributed by atoms with Crippen molar-refractivity contribution < 1.29 is 21.8 Å². The van der Waals surface area contributed by atoms with Crippen molar-refractivity contribution in [1.82, 2.24) is 9.97 Å². The molecule has 0 aliphatic rings. The van der Waals surface area contributed by atoms with Crippen LogP contribution in [0.2, 0.25) is 0 Å². The molecule has 5 rings (SSSR count). The van der Waals surface area contributed by atoms with E-state index in [2.05, 4.69) is 20.6 Å². The third-order valence-electron chi connectivity index (χ3n) is 5.62. The highest BCUT2D eigenvalue weighted by Crippen LogP contribution is 2.29. The van der Waals surface area contributed by atoms with Gasteiger partial charge >= 0.3 is 10.1 Å². The highest BCUT2D eigenvalue weighted by molar-refractivity contribution is 7.87. The second-order valence-corrected chi connectivity index (χ2v) is 10.8. The third-order valence-corrected chi connectivity index (χ3v) is 7.64. The van der Waals surface area contributed by atoms with Gasteiger partial charge < -0.3 is 14.8 Å². The van der Waals surface area contributed by atoms with E-state index in [1.165, 1.54) is 35.6 Å². The molecular weight excluding hydrogens is 539 g/mol. The van der Waals surface area contributed by atoms with Gasteiger partial charge in [-0.25, -0.2) is 9.37 Å². The lowest BCUT2D eigenvalue weighted by Gasteiger charge is -2.11. The molecule has 3 aromatic carbocycles. The van der Waals surface area contributed by atoms with E-state index in [0.29, 0.717) is 16.4 Å². The van der Waals surface area contributed by atoms with E-state index < -0.39 is 15.9 Å². The van der Waals surface area contributed by atoms with E-state index in [4.69, 9.17) is 4.18 Å². The number of pyridine rings is 1. The number of halogens is 1. The average molecular weight is 561 g/mol. The van der Waals surface area contributed by atoms with E-state index in [-0.39, 0.29) is 16.6 Å². The second-order valence-electron chi connectivity index (χ2n) is 8.40. The van der Waals surface area contributed by atoms with E-state index >= 15 is 0 Å². The lowest BCUT2D eigenvalue weighted by molar-refractivity contribution is 0.102. The first kappa shape index (κ1) is 26.0. The molecule has 11 heteroatoms. The molecule has 2 heterocycles. The smallest absolute Gasteiger partial charge is 0.339 e. The molecule has 2 N–H and O–H groups in total. The Morgan fingerprint density at radius 2 is 1.77 bits per heavy atom. The molecule has 0 spiro atoms. The minimum atomic E-state index is -4.14. The van der Waals surface area contributed by atoms with Crippen molar-refractivity contribution in [3.63, 3.8) is 0 Å². The van der Waals surface area contributed by atoms with E-state index in [1.807, 2.05) is 36.6 Å². The number of carbonyl (C=O) groups is 1. The maximum atomic E-state index is 13.1. The van der Waals surface area contributed by atoms with Gasteiger partial charge in [0, 0.05) is 40.3 Å². The Morgan fingerprint density at radius 3 is 2.49 bits per heavy atom. The molecule has 0 aliphatic carbocycles. The minimum Gasteiger partial charge on any atom is -0.379 e. The molecule has 5 aromatic rings. The zero-order valence-electron chi connectivity index (χ0n) is 20.5. The number of benzene rings is 3. The number of hydrogen-bond acceptors (Lipinski definition) is 8. The standard InChI is InChI=1S/C28H21FN4O4S2/c1-18-4-9-22(15-25(18)32-28-33-26(17-38-28)20-3-2-14-30-16-20)31-27(34)19-5-10-23(11-6-19)37-39(35,36)24-12-7-21(29)8-13-24/h2-17H,1H3,(H,31,34)(H,32,33). The Balaban J connectivity index is 1.25. The quantitative estimate of drug-likeness (QED) is 0.211. The lowest BCUT2D eigenvalue weighted by atomic mass is 10.1. The van der Waals surface area contributed by atoms with Crippen LogP contribution in [-0.2, 0) is 10.1 Å². The molecule has 0 saturated carbocycles. The number of nitrogens with one attached hydrogen (secondary N) is 2. The van der Waals surface area contributed by atoms with Crippen LogP contribution < -0.4 is 14.8 Å². The molecule has 0 radical (unpaired) electrons. The molecule has 0 atom stereocenters. The summed E-state index contributed by atoms with van der Waals surface area (Å²) in [7, 11) is -4.14. The zero-order valence-corrected chi connectivity index (χ0v) is 22.1. The Hall–Kier alpha value is -4.61. The Kier molecular flexibility index (Phi) is 7.35. The average Bonchev–Trinajstić information content (AvgIpc) is 3.40. The fourth-order valence-corrected chi connectivity index (χ4v) is 5.23. The van der Waals surface area contributed by atoms with E-state index in [0.717, 1.165) is 46.8 Å². The van der Waals surface area contributed by atoms with Gasteiger partial charge in [-0.15, -0.1) is 11.3 Å². The predicted molar refractivity (Wildman–Crippen MR) is 148 cm³/mol. The summed E-state index contributed by atoms with van der Waals surface area (Å²) in [5, 5.41) is 8.79. The molecule has 196 valence electrons. The van der Waals surface area contributed by atoms with Gasteiger partial charge in [-0.05, 0) is 85.3 Å². The number of rotatable bonds is 8. The summed E-state index contributed by atoms with van der Waals surface area (Å²) in [5.41, 5.74) is 4.36. The summed E-state index contributed by atoms with van der Waals surface area (Å²) in [6.45, 7) is 1.95. The van der Waals surface area contributed by atoms with Crippen LogP contribution >= 0.6 is 11.3 Å². The summed E-state index contributed by atoms with van der Waals surface area (Å²) in [4.78, 5) is 21.4. The van der Waals surface area contributed by atoms with Crippen LogP contribution in [0.1, 0.15) is 15.9 Å². The van der Waals surface area contributed by atoms with Gasteiger partial charge in [0.25, 0.3) is 5.91 Å². The first-order chi connectivity index (χ1) is 18.8. The number of hydrogen-bond donors (Lipinski definition) is 2. The Labute approximate surface area is 228 Å². The van der Waals surface area contributed by atoms with Crippen LogP contribution in [0.5, 0.6) is 5.75 Å². The number of aromatic nitrogens is 2. The molecule has 0 aliphatic heterocycles. The maximum Gasteiger partial charge on any atom is 0.339 e. The predicted octanol–water partition coefficient (Wildman–Crippen LogP) is 6.42. The molecule has 0 unspecified atom stereocenters. The first-order valence-corrected chi connectivity index (χ1v) is 13.9. The summed E-state index contributed by atoms with van der Waals surface area (Å²) < 4.78 is 43.0. The van der Waals surface area contributed by atoms with Crippen LogP contribution in [0.3, 0.4) is 0 Å². The zero-order chi connectivity index (χ0) is 27.4. The van der Waals surface area contributed by atoms with Crippen LogP contribution in [-0.4, -0.2) is 24.3 Å². The highest BCUT2D eigenvalue weighted by Gasteiger charge is 2.17. The van der Waals surface area contributed by atoms with Crippen LogP contribution in [0.15, 0.2) is 102 Å². The van der Waals surface area contributed by atoms with Gasteiger partial charge in [-0.1, -0.05) is 6.07 Å². The van der Waals surface area contributed by atoms with Crippen molar-refractivity contribution in [3.05, 3.63) is 114 Å². The van der Waals surface area contributed by atoms with Crippen molar-refractivity contribution in [3.8, 4) is 17.0 Å². The molecule has 8 nitrogen and oxygen atoms in total. The molecule has 0 bridgehead atoms. The molecular formula is C28H21FN4O4S2. The Morgan fingerprint density at radius 1 is 1.00 bits per heavy atom. The third kappa shape index (κ3) is 6.28. The van der Waals surface area contributed by atoms with Crippen molar-refractivity contribution in [1.29, 1.82) is 0 Å². The molecule has 39 heavy (non-hydrogen) atoms. The summed E-state index contributed by atoms with van der Waals surface area (Å²) >= 11 is 1.46. The summed E-state index contributed by atoms with van der Waals surface area (Å²) in [5.74, 6) is -0.920. The van der Waals surface area contributed by atoms with Gasteiger partial charge in [0.05, 0.1) is 5.69 Å². The summed E-state index contributed by atoms with van der Waals surface area (Å²) in [6.07, 6.45) is 3.46. The highest BCUT2D eigenvalue weighted by atomic mass is 32.2. The number of amides is 1. The lowest BCUT2D eigenvalue weighted by Crippen LogP contribution is -2.13. The number of nitrogens with zero attached hydrogens (tertiary/aromatic N) is 2. The monoisotopic (exact) mass is 560 g/mol. The van der Waals surface area contributed by atoms with Gasteiger partial charge in [0.2, 0.25) is 0 Å². The van der Waals surface area contributed by atoms with E-state index in [9.17, 15) is 17.6 Å². The minimum absolute atomic E-state index is 0.0202. The van der Waals surface area contributed by atoms with Crippen molar-refractivity contribution in [2.45, 2.75) is 11.8 Å². The topological polar surface area (TPSA) is 110 Å². The van der Waals surface area contributed by atoms with Crippen LogP contribution in [0, 0.1) is 12.7 Å². The molecule has 0 saturated heterocycles. The number of thiazole rings is 1. The first-order valence-electron chi connectivity index (χ1n) is 11.6. The number of anilines is 3. The van der Waals surface area contributed by atoms with Crippen molar-refractivity contribution in [2.24, 2.45) is 0 Å². The van der Waals surface area contributed by atoms with E-state index in [1.54, 1.807) is 18.5 Å². The van der Waals surface area contributed by atoms with Crippen molar-refractivity contribution in [2.75, 3.05) is 10.6 Å².